The molecule has 1 aromatic carbocycles. The second-order valence-corrected chi connectivity index (χ2v) is 3.49. The molecule has 1 aromatic heterocycles. The van der Waals surface area contributed by atoms with Gasteiger partial charge in [-0.05, 0) is 28.5 Å². The minimum Gasteiger partial charge on any atom is -0.506 e. The maximum Gasteiger partial charge on any atom is 0.335 e. The van der Waals surface area contributed by atoms with Gasteiger partial charge in [0, 0.05) is 0 Å². The third-order valence-electron chi connectivity index (χ3n) is 2.22. The van der Waals surface area contributed by atoms with E-state index in [4.69, 9.17) is 10.8 Å². The molecule has 0 fully saturated rings. The van der Waals surface area contributed by atoms with Gasteiger partial charge in [0.25, 0.3) is 5.91 Å². The summed E-state index contributed by atoms with van der Waals surface area (Å²) in [5, 5.41) is 27.1. The molecule has 0 bridgehead atoms. The van der Waals surface area contributed by atoms with Crippen LogP contribution in [0.25, 0.3) is 0 Å². The molecule has 0 aliphatic carbocycles. The first-order chi connectivity index (χ1) is 8.99. The number of carbonyl (C=O) groups is 2. The number of rotatable bonds is 3. The molecule has 2 aromatic rings. The Morgan fingerprint density at radius 1 is 1.32 bits per heavy atom. The topological polar surface area (TPSA) is 152 Å². The SMILES string of the molecule is Nc1nonc1C(=O)Nc1cc(C(=O)O)ccc1O. The average molecular weight is 264 g/mol. The summed E-state index contributed by atoms with van der Waals surface area (Å²) < 4.78 is 4.25. The van der Waals surface area contributed by atoms with Crippen molar-refractivity contribution >= 4 is 23.4 Å². The molecule has 0 aliphatic heterocycles. The number of amides is 1. The van der Waals surface area contributed by atoms with Gasteiger partial charge >= 0.3 is 5.97 Å². The van der Waals surface area contributed by atoms with Crippen LogP contribution < -0.4 is 11.1 Å². The van der Waals surface area contributed by atoms with Crippen LogP contribution in [0.1, 0.15) is 20.8 Å². The van der Waals surface area contributed by atoms with Crippen LogP contribution in [-0.4, -0.2) is 32.4 Å². The quantitative estimate of drug-likeness (QED) is 0.578. The fourth-order valence-corrected chi connectivity index (χ4v) is 1.30. The molecule has 0 saturated carbocycles. The summed E-state index contributed by atoms with van der Waals surface area (Å²) in [6, 6.07) is 3.43. The lowest BCUT2D eigenvalue weighted by Gasteiger charge is -2.06. The Morgan fingerprint density at radius 3 is 2.63 bits per heavy atom. The molecule has 0 saturated heterocycles. The van der Waals surface area contributed by atoms with E-state index in [-0.39, 0.29) is 28.5 Å². The minimum absolute atomic E-state index is 0.0905. The van der Waals surface area contributed by atoms with Crippen molar-refractivity contribution in [2.24, 2.45) is 0 Å². The number of nitrogens with two attached hydrogens (primary N) is 1. The van der Waals surface area contributed by atoms with Crippen LogP contribution >= 0.6 is 0 Å². The predicted molar refractivity (Wildman–Crippen MR) is 61.7 cm³/mol. The lowest BCUT2D eigenvalue weighted by Crippen LogP contribution is -2.14. The molecule has 1 heterocycles. The molecule has 0 radical (unpaired) electrons. The zero-order valence-corrected chi connectivity index (χ0v) is 9.32. The Kier molecular flexibility index (Phi) is 3.02. The van der Waals surface area contributed by atoms with E-state index < -0.39 is 11.9 Å². The normalized spacial score (nSPS) is 10.1. The summed E-state index contributed by atoms with van der Waals surface area (Å²) >= 11 is 0. The molecule has 0 spiro atoms. The highest BCUT2D eigenvalue weighted by Crippen LogP contribution is 2.25. The fourth-order valence-electron chi connectivity index (χ4n) is 1.30. The number of hydrogen-bond acceptors (Lipinski definition) is 7. The first-order valence-corrected chi connectivity index (χ1v) is 4.94. The highest BCUT2D eigenvalue weighted by Gasteiger charge is 2.18. The lowest BCUT2D eigenvalue weighted by molar-refractivity contribution is 0.0696. The van der Waals surface area contributed by atoms with Crippen LogP contribution in [-0.2, 0) is 0 Å². The number of anilines is 2. The van der Waals surface area contributed by atoms with Gasteiger partial charge in [0.1, 0.15) is 5.75 Å². The number of aromatic carboxylic acids is 1. The molecule has 19 heavy (non-hydrogen) atoms. The van der Waals surface area contributed by atoms with Crippen LogP contribution in [0.2, 0.25) is 0 Å². The number of hydrogen-bond donors (Lipinski definition) is 4. The average Bonchev–Trinajstić information content (AvgIpc) is 2.78. The van der Waals surface area contributed by atoms with Gasteiger partial charge in [-0.3, -0.25) is 4.79 Å². The standard InChI is InChI=1S/C10H8N4O5/c11-8-7(13-19-14-8)9(16)12-5-3-4(10(17)18)1-2-6(5)15/h1-3,15H,(H2,11,14)(H,12,16)(H,17,18). The first kappa shape index (κ1) is 12.4. The van der Waals surface area contributed by atoms with E-state index in [9.17, 15) is 14.7 Å². The van der Waals surface area contributed by atoms with E-state index in [2.05, 4.69) is 20.3 Å². The van der Waals surface area contributed by atoms with Gasteiger partial charge in [-0.25, -0.2) is 9.42 Å². The Balaban J connectivity index is 2.28. The summed E-state index contributed by atoms with van der Waals surface area (Å²) in [6.45, 7) is 0. The number of carboxylic acids is 1. The van der Waals surface area contributed by atoms with Gasteiger partial charge in [-0.2, -0.15) is 0 Å². The number of phenols is 1. The number of nitrogens with zero attached hydrogens (tertiary/aromatic N) is 2. The molecule has 98 valence electrons. The van der Waals surface area contributed by atoms with Crippen LogP contribution in [0.4, 0.5) is 11.5 Å². The highest BCUT2D eigenvalue weighted by atomic mass is 16.6. The molecule has 9 nitrogen and oxygen atoms in total. The second kappa shape index (κ2) is 4.64. The van der Waals surface area contributed by atoms with Crippen LogP contribution in [0.3, 0.4) is 0 Å². The molecule has 0 unspecified atom stereocenters. The third-order valence-corrected chi connectivity index (χ3v) is 2.22. The van der Waals surface area contributed by atoms with Crippen molar-refractivity contribution in [2.75, 3.05) is 11.1 Å². The summed E-state index contributed by atoms with van der Waals surface area (Å²) in [5.74, 6) is -2.49. The Labute approximate surface area is 105 Å². The molecule has 2 rings (SSSR count). The van der Waals surface area contributed by atoms with Crippen molar-refractivity contribution in [3.05, 3.63) is 29.5 Å². The zero-order chi connectivity index (χ0) is 14.0. The van der Waals surface area contributed by atoms with Gasteiger partial charge in [-0.1, -0.05) is 0 Å². The van der Waals surface area contributed by atoms with E-state index in [1.54, 1.807) is 0 Å². The number of carboxylic acid groups (broad SMARTS) is 1. The van der Waals surface area contributed by atoms with Crippen molar-refractivity contribution in [1.29, 1.82) is 0 Å². The van der Waals surface area contributed by atoms with E-state index >= 15 is 0 Å². The number of aromatic hydroxyl groups is 1. The number of benzene rings is 1. The summed E-state index contributed by atoms with van der Waals surface area (Å²) in [7, 11) is 0. The van der Waals surface area contributed by atoms with Crippen LogP contribution in [0, 0.1) is 0 Å². The van der Waals surface area contributed by atoms with Crippen LogP contribution in [0.5, 0.6) is 5.75 Å². The van der Waals surface area contributed by atoms with E-state index in [1.807, 2.05) is 0 Å². The van der Waals surface area contributed by atoms with Crippen molar-refractivity contribution in [3.8, 4) is 5.75 Å². The smallest absolute Gasteiger partial charge is 0.335 e. The van der Waals surface area contributed by atoms with Gasteiger partial charge in [-0.15, -0.1) is 0 Å². The molecular formula is C10H8N4O5. The monoisotopic (exact) mass is 264 g/mol. The number of carbonyl (C=O) groups excluding carboxylic acids is 1. The predicted octanol–water partition coefficient (Wildman–Crippen LogP) is 0.308. The molecule has 5 N–H and O–H groups in total. The van der Waals surface area contributed by atoms with Crippen molar-refractivity contribution < 1.29 is 24.4 Å². The molecular weight excluding hydrogens is 256 g/mol. The lowest BCUT2D eigenvalue weighted by atomic mass is 10.2. The zero-order valence-electron chi connectivity index (χ0n) is 9.32. The third kappa shape index (κ3) is 2.44. The number of nitrogen functional groups attached to an aromatic ring is 1. The summed E-state index contributed by atoms with van der Waals surface area (Å²) in [4.78, 5) is 22.5. The number of nitrogens with one attached hydrogen (secondary N) is 1. The summed E-state index contributed by atoms with van der Waals surface area (Å²) in [6.07, 6.45) is 0. The van der Waals surface area contributed by atoms with Gasteiger partial charge in [0.15, 0.2) is 0 Å². The maximum absolute atomic E-state index is 11.7. The Morgan fingerprint density at radius 2 is 2.05 bits per heavy atom. The molecule has 9 heteroatoms. The van der Waals surface area contributed by atoms with E-state index in [0.29, 0.717) is 0 Å². The first-order valence-electron chi connectivity index (χ1n) is 4.94. The van der Waals surface area contributed by atoms with Crippen molar-refractivity contribution in [1.82, 2.24) is 10.3 Å². The Bertz CT molecular complexity index is 651. The second-order valence-electron chi connectivity index (χ2n) is 3.49. The van der Waals surface area contributed by atoms with Gasteiger partial charge in [0.05, 0.1) is 11.3 Å². The fraction of sp³-hybridized carbons (Fsp3) is 0. The van der Waals surface area contributed by atoms with Gasteiger partial charge in [0.2, 0.25) is 11.5 Å². The molecule has 1 amide bonds. The van der Waals surface area contributed by atoms with Crippen molar-refractivity contribution in [2.45, 2.75) is 0 Å². The van der Waals surface area contributed by atoms with E-state index in [1.165, 1.54) is 6.07 Å². The summed E-state index contributed by atoms with van der Waals surface area (Å²) in [5.41, 5.74) is 4.87. The van der Waals surface area contributed by atoms with Gasteiger partial charge < -0.3 is 21.3 Å². The number of aromatic nitrogens is 2. The maximum atomic E-state index is 11.7. The number of phenolic OH excluding ortho intramolecular Hbond substituents is 1. The van der Waals surface area contributed by atoms with Crippen molar-refractivity contribution in [3.63, 3.8) is 0 Å². The van der Waals surface area contributed by atoms with Crippen LogP contribution in [0.15, 0.2) is 22.8 Å². The minimum atomic E-state index is -1.20. The highest BCUT2D eigenvalue weighted by molar-refractivity contribution is 6.06. The van der Waals surface area contributed by atoms with E-state index in [0.717, 1.165) is 12.1 Å². The largest absolute Gasteiger partial charge is 0.506 e. The Hall–Kier alpha value is -3.10. The molecule has 0 aliphatic rings. The molecule has 0 atom stereocenters.